The molecule has 0 spiro atoms. The summed E-state index contributed by atoms with van der Waals surface area (Å²) in [5, 5.41) is 0.731. The number of carbonyl (C=O) groups is 1. The van der Waals surface area contributed by atoms with Crippen LogP contribution in [0.2, 0.25) is 0 Å². The number of primary amides is 1. The Hall–Kier alpha value is -2.10. The van der Waals surface area contributed by atoms with Crippen LogP contribution in [0.3, 0.4) is 0 Å². The molecule has 2 N–H and O–H groups in total. The summed E-state index contributed by atoms with van der Waals surface area (Å²) in [5.41, 5.74) is 7.37. The van der Waals surface area contributed by atoms with Crippen molar-refractivity contribution in [3.63, 3.8) is 0 Å². The van der Waals surface area contributed by atoms with Crippen LogP contribution >= 0.6 is 0 Å². The second kappa shape index (κ2) is 4.41. The zero-order chi connectivity index (χ0) is 12.4. The van der Waals surface area contributed by atoms with Crippen molar-refractivity contribution >= 4 is 16.8 Å². The highest BCUT2D eigenvalue weighted by molar-refractivity contribution is 6.05. The molecule has 0 bridgehead atoms. The van der Waals surface area contributed by atoms with Gasteiger partial charge in [0.1, 0.15) is 5.75 Å². The Morgan fingerprint density at radius 2 is 2.18 bits per heavy atom. The number of amides is 1. The van der Waals surface area contributed by atoms with Gasteiger partial charge in [-0.2, -0.15) is 0 Å². The van der Waals surface area contributed by atoms with Crippen LogP contribution in [0, 0.1) is 6.92 Å². The number of fused-ring (bicyclic) bond motifs is 1. The Kier molecular flexibility index (Phi) is 2.95. The average Bonchev–Trinajstić information content (AvgIpc) is 2.28. The van der Waals surface area contributed by atoms with Crippen molar-refractivity contribution in [1.29, 1.82) is 0 Å². The summed E-state index contributed by atoms with van der Waals surface area (Å²) in [5.74, 6) is 0.266. The summed E-state index contributed by atoms with van der Waals surface area (Å²) in [7, 11) is 0. The number of pyridine rings is 1. The summed E-state index contributed by atoms with van der Waals surface area (Å²) >= 11 is 0. The number of benzene rings is 1. The maximum Gasteiger partial charge on any atom is 0.249 e. The molecule has 17 heavy (non-hydrogen) atoms. The van der Waals surface area contributed by atoms with Crippen molar-refractivity contribution in [3.05, 3.63) is 35.5 Å². The lowest BCUT2D eigenvalue weighted by atomic mass is 10.1. The molecule has 0 fully saturated rings. The zero-order valence-electron chi connectivity index (χ0n) is 9.86. The van der Waals surface area contributed by atoms with Gasteiger partial charge in [-0.3, -0.25) is 9.78 Å². The number of rotatable bonds is 3. The lowest BCUT2D eigenvalue weighted by Gasteiger charge is -2.07. The molecule has 4 heteroatoms. The van der Waals surface area contributed by atoms with Crippen LogP contribution in [-0.4, -0.2) is 17.5 Å². The largest absolute Gasteiger partial charge is 0.494 e. The number of aromatic nitrogens is 1. The van der Waals surface area contributed by atoms with E-state index in [1.54, 1.807) is 12.1 Å². The summed E-state index contributed by atoms with van der Waals surface area (Å²) in [4.78, 5) is 15.7. The lowest BCUT2D eigenvalue weighted by Crippen LogP contribution is -2.12. The second-order valence-electron chi connectivity index (χ2n) is 3.79. The van der Waals surface area contributed by atoms with E-state index in [1.807, 2.05) is 26.0 Å². The number of hydrogen-bond donors (Lipinski definition) is 1. The predicted octanol–water partition coefficient (Wildman–Crippen LogP) is 2.04. The molecule has 0 unspecified atom stereocenters. The number of hydrogen-bond acceptors (Lipinski definition) is 3. The van der Waals surface area contributed by atoms with Crippen molar-refractivity contribution in [2.45, 2.75) is 13.8 Å². The number of carbonyl (C=O) groups excluding carboxylic acids is 1. The number of nitrogens with two attached hydrogens (primary N) is 1. The molecule has 1 aromatic carbocycles. The highest BCUT2D eigenvalue weighted by Gasteiger charge is 2.09. The van der Waals surface area contributed by atoms with Gasteiger partial charge in [0.15, 0.2) is 0 Å². The van der Waals surface area contributed by atoms with Crippen LogP contribution in [-0.2, 0) is 0 Å². The molecule has 2 aromatic rings. The van der Waals surface area contributed by atoms with E-state index >= 15 is 0 Å². The van der Waals surface area contributed by atoms with E-state index in [2.05, 4.69) is 4.98 Å². The van der Waals surface area contributed by atoms with Crippen molar-refractivity contribution in [3.8, 4) is 5.75 Å². The first kappa shape index (κ1) is 11.4. The average molecular weight is 230 g/mol. The van der Waals surface area contributed by atoms with Crippen LogP contribution in [0.4, 0.5) is 0 Å². The molecular formula is C13H14N2O2. The zero-order valence-corrected chi connectivity index (χ0v) is 9.86. The van der Waals surface area contributed by atoms with Crippen LogP contribution in [0.25, 0.3) is 10.9 Å². The molecule has 4 nitrogen and oxygen atoms in total. The van der Waals surface area contributed by atoms with Gasteiger partial charge in [0, 0.05) is 11.1 Å². The molecule has 0 aliphatic carbocycles. The molecule has 0 radical (unpaired) electrons. The third kappa shape index (κ3) is 2.20. The van der Waals surface area contributed by atoms with E-state index in [0.717, 1.165) is 16.6 Å². The summed E-state index contributed by atoms with van der Waals surface area (Å²) in [6, 6.07) is 7.16. The van der Waals surface area contributed by atoms with Gasteiger partial charge in [0.2, 0.25) is 5.91 Å². The van der Waals surface area contributed by atoms with Crippen molar-refractivity contribution in [1.82, 2.24) is 4.98 Å². The Labute approximate surface area is 99.4 Å². The third-order valence-electron chi connectivity index (χ3n) is 2.48. The van der Waals surface area contributed by atoms with Crippen LogP contribution in [0.1, 0.15) is 23.0 Å². The molecule has 0 saturated heterocycles. The molecular weight excluding hydrogens is 216 g/mol. The maximum atomic E-state index is 11.4. The Balaban J connectivity index is 2.69. The molecule has 0 aliphatic heterocycles. The highest BCUT2D eigenvalue weighted by atomic mass is 16.5. The minimum Gasteiger partial charge on any atom is -0.494 e. The molecule has 0 atom stereocenters. The Morgan fingerprint density at radius 3 is 2.82 bits per heavy atom. The highest BCUT2D eigenvalue weighted by Crippen LogP contribution is 2.23. The monoisotopic (exact) mass is 230 g/mol. The van der Waals surface area contributed by atoms with Gasteiger partial charge in [0.25, 0.3) is 0 Å². The fourth-order valence-electron chi connectivity index (χ4n) is 1.80. The summed E-state index contributed by atoms with van der Waals surface area (Å²) in [6.07, 6.45) is 0. The minimum atomic E-state index is -0.450. The third-order valence-corrected chi connectivity index (χ3v) is 2.48. The fraction of sp³-hybridized carbons (Fsp3) is 0.231. The standard InChI is InChI=1S/C13H14N2O2/c1-3-17-9-4-5-12-10(7-9)11(13(14)16)6-8(2)15-12/h4-7H,3H2,1-2H3,(H2,14,16). The molecule has 0 saturated carbocycles. The summed E-state index contributed by atoms with van der Waals surface area (Å²) in [6.45, 7) is 4.33. The maximum absolute atomic E-state index is 11.4. The molecule has 1 heterocycles. The molecule has 2 rings (SSSR count). The Bertz CT molecular complexity index is 579. The van der Waals surface area contributed by atoms with Crippen LogP contribution in [0.15, 0.2) is 24.3 Å². The first-order chi connectivity index (χ1) is 8.11. The topological polar surface area (TPSA) is 65.2 Å². The smallest absolute Gasteiger partial charge is 0.249 e. The molecule has 0 aliphatic rings. The van der Waals surface area contributed by atoms with E-state index in [0.29, 0.717) is 17.9 Å². The molecule has 1 aromatic heterocycles. The fourth-order valence-corrected chi connectivity index (χ4v) is 1.80. The van der Waals surface area contributed by atoms with E-state index < -0.39 is 5.91 Å². The van der Waals surface area contributed by atoms with Crippen molar-refractivity contribution in [2.75, 3.05) is 6.61 Å². The number of nitrogens with zero attached hydrogens (tertiary/aromatic N) is 1. The van der Waals surface area contributed by atoms with Crippen LogP contribution in [0.5, 0.6) is 5.75 Å². The minimum absolute atomic E-state index is 0.450. The van der Waals surface area contributed by atoms with E-state index in [-0.39, 0.29) is 0 Å². The van der Waals surface area contributed by atoms with Gasteiger partial charge in [-0.15, -0.1) is 0 Å². The van der Waals surface area contributed by atoms with Gasteiger partial charge in [0.05, 0.1) is 17.7 Å². The van der Waals surface area contributed by atoms with Gasteiger partial charge in [-0.05, 0) is 38.1 Å². The quantitative estimate of drug-likeness (QED) is 0.877. The van der Waals surface area contributed by atoms with Crippen molar-refractivity contribution < 1.29 is 9.53 Å². The second-order valence-corrected chi connectivity index (χ2v) is 3.79. The van der Waals surface area contributed by atoms with Gasteiger partial charge < -0.3 is 10.5 Å². The molecule has 88 valence electrons. The van der Waals surface area contributed by atoms with Crippen molar-refractivity contribution in [2.24, 2.45) is 5.73 Å². The number of ether oxygens (including phenoxy) is 1. The first-order valence-electron chi connectivity index (χ1n) is 5.46. The van der Waals surface area contributed by atoms with Gasteiger partial charge in [-0.25, -0.2) is 0 Å². The SMILES string of the molecule is CCOc1ccc2nc(C)cc(C(N)=O)c2c1. The molecule has 1 amide bonds. The predicted molar refractivity (Wildman–Crippen MR) is 66.2 cm³/mol. The van der Waals surface area contributed by atoms with E-state index in [4.69, 9.17) is 10.5 Å². The van der Waals surface area contributed by atoms with Gasteiger partial charge in [-0.1, -0.05) is 0 Å². The summed E-state index contributed by atoms with van der Waals surface area (Å²) < 4.78 is 5.40. The van der Waals surface area contributed by atoms with E-state index in [1.165, 1.54) is 0 Å². The normalized spacial score (nSPS) is 10.5. The number of aryl methyl sites for hydroxylation is 1. The van der Waals surface area contributed by atoms with Crippen LogP contribution < -0.4 is 10.5 Å². The first-order valence-corrected chi connectivity index (χ1v) is 5.46. The van der Waals surface area contributed by atoms with E-state index in [9.17, 15) is 4.79 Å². The lowest BCUT2D eigenvalue weighted by molar-refractivity contribution is 0.100. The van der Waals surface area contributed by atoms with Gasteiger partial charge >= 0.3 is 0 Å². The Morgan fingerprint density at radius 1 is 1.41 bits per heavy atom.